The molecule has 1 aliphatic rings. The van der Waals surface area contributed by atoms with Gasteiger partial charge in [0.25, 0.3) is 0 Å². The second-order valence-corrected chi connectivity index (χ2v) is 7.94. The predicted molar refractivity (Wildman–Crippen MR) is 121 cm³/mol. The first-order valence-electron chi connectivity index (χ1n) is 10.4. The van der Waals surface area contributed by atoms with E-state index < -0.39 is 0 Å². The lowest BCUT2D eigenvalue weighted by molar-refractivity contribution is 0.0544. The third-order valence-electron chi connectivity index (χ3n) is 5.66. The summed E-state index contributed by atoms with van der Waals surface area (Å²) in [5.74, 6) is 0.841. The van der Waals surface area contributed by atoms with Gasteiger partial charge in [0.2, 0.25) is 0 Å². The molecule has 0 saturated carbocycles. The molecule has 4 rings (SSSR count). The fraction of sp³-hybridized carbons (Fsp3) is 0.308. The summed E-state index contributed by atoms with van der Waals surface area (Å²) in [4.78, 5) is 2.34. The zero-order chi connectivity index (χ0) is 21.0. The van der Waals surface area contributed by atoms with Crippen molar-refractivity contribution in [2.75, 3.05) is 38.4 Å². The molecule has 30 heavy (non-hydrogen) atoms. The molecule has 4 nitrogen and oxygen atoms in total. The highest BCUT2D eigenvalue weighted by Gasteiger charge is 2.36. The van der Waals surface area contributed by atoms with E-state index in [1.54, 1.807) is 7.11 Å². The normalized spacial score (nSPS) is 14.2. The van der Waals surface area contributed by atoms with Crippen molar-refractivity contribution in [3.8, 4) is 5.75 Å². The zero-order valence-electron chi connectivity index (χ0n) is 17.9. The first-order valence-corrected chi connectivity index (χ1v) is 10.4. The first kappa shape index (κ1) is 20.5. The van der Waals surface area contributed by atoms with Crippen LogP contribution in [0.1, 0.15) is 25.0 Å². The van der Waals surface area contributed by atoms with Gasteiger partial charge in [0.05, 0.1) is 31.2 Å². The van der Waals surface area contributed by atoms with Crippen molar-refractivity contribution in [2.45, 2.75) is 19.3 Å². The highest BCUT2D eigenvalue weighted by Crippen LogP contribution is 2.51. The fourth-order valence-corrected chi connectivity index (χ4v) is 4.10. The summed E-state index contributed by atoms with van der Waals surface area (Å²) in [6.45, 7) is 6.86. The monoisotopic (exact) mass is 403 g/mol. The highest BCUT2D eigenvalue weighted by atomic mass is 16.5. The maximum absolute atomic E-state index is 5.82. The van der Waals surface area contributed by atoms with Crippen molar-refractivity contribution in [3.05, 3.63) is 83.9 Å². The van der Waals surface area contributed by atoms with Crippen molar-refractivity contribution in [2.24, 2.45) is 0 Å². The van der Waals surface area contributed by atoms with Gasteiger partial charge in [0, 0.05) is 18.2 Å². The number of hydrogen-bond donors (Lipinski definition) is 0. The molecule has 3 aromatic rings. The molecule has 0 aliphatic carbocycles. The van der Waals surface area contributed by atoms with Crippen LogP contribution in [0.25, 0.3) is 0 Å². The van der Waals surface area contributed by atoms with Crippen molar-refractivity contribution in [1.29, 1.82) is 0 Å². The van der Waals surface area contributed by atoms with Crippen molar-refractivity contribution < 1.29 is 14.2 Å². The van der Waals surface area contributed by atoms with Gasteiger partial charge < -0.3 is 19.1 Å². The van der Waals surface area contributed by atoms with Gasteiger partial charge in [-0.05, 0) is 47.5 Å². The lowest BCUT2D eigenvalue weighted by atomic mass is 9.73. The van der Waals surface area contributed by atoms with Gasteiger partial charge in [-0.15, -0.1) is 0 Å². The fourth-order valence-electron chi connectivity index (χ4n) is 4.10. The number of anilines is 3. The second kappa shape index (κ2) is 8.90. The Hall–Kier alpha value is -2.82. The van der Waals surface area contributed by atoms with E-state index in [4.69, 9.17) is 14.2 Å². The first-order chi connectivity index (χ1) is 14.6. The number of para-hydroxylation sites is 2. The van der Waals surface area contributed by atoms with Crippen LogP contribution in [-0.4, -0.2) is 33.5 Å². The molecule has 0 saturated heterocycles. The van der Waals surface area contributed by atoms with Crippen LogP contribution in [-0.2, 0) is 14.9 Å². The number of rotatable bonds is 8. The summed E-state index contributed by atoms with van der Waals surface area (Å²) in [6.07, 6.45) is 0. The molecule has 1 heterocycles. The van der Waals surface area contributed by atoms with E-state index in [-0.39, 0.29) is 5.41 Å². The van der Waals surface area contributed by atoms with Gasteiger partial charge in [-0.2, -0.15) is 0 Å². The number of fused-ring (bicyclic) bond motifs is 2. The highest BCUT2D eigenvalue weighted by molar-refractivity contribution is 5.85. The molecule has 0 bridgehead atoms. The largest absolute Gasteiger partial charge is 0.491 e. The Kier molecular flexibility index (Phi) is 6.07. The van der Waals surface area contributed by atoms with Crippen LogP contribution in [0.3, 0.4) is 0 Å². The molecule has 156 valence electrons. The average Bonchev–Trinajstić information content (AvgIpc) is 2.77. The van der Waals surface area contributed by atoms with Gasteiger partial charge in [0.1, 0.15) is 12.4 Å². The van der Waals surface area contributed by atoms with E-state index in [2.05, 4.69) is 79.4 Å². The molecule has 0 aromatic heterocycles. The number of methoxy groups -OCH3 is 1. The van der Waals surface area contributed by atoms with E-state index in [0.717, 1.165) is 11.4 Å². The van der Waals surface area contributed by atoms with Crippen molar-refractivity contribution >= 4 is 17.1 Å². The van der Waals surface area contributed by atoms with Crippen LogP contribution in [0.15, 0.2) is 72.8 Å². The Morgan fingerprint density at radius 2 is 1.27 bits per heavy atom. The summed E-state index contributed by atoms with van der Waals surface area (Å²) in [5, 5.41) is 0. The quantitative estimate of drug-likeness (QED) is 0.442. The molecular formula is C26H29NO3. The molecule has 0 spiro atoms. The number of benzene rings is 3. The van der Waals surface area contributed by atoms with E-state index in [1.165, 1.54) is 22.5 Å². The summed E-state index contributed by atoms with van der Waals surface area (Å²) in [7, 11) is 1.67. The average molecular weight is 404 g/mol. The standard InChI is InChI=1S/C26H29NO3/c1-26(2)22-8-4-6-10-24(22)27(25-11-7-5-9-23(25)26)20-12-14-21(15-13-20)30-19-18-29-17-16-28-3/h4-15H,16-19H2,1-3H3. The zero-order valence-corrected chi connectivity index (χ0v) is 17.9. The van der Waals surface area contributed by atoms with Gasteiger partial charge in [-0.1, -0.05) is 50.2 Å². The number of nitrogens with zero attached hydrogens (tertiary/aromatic N) is 1. The van der Waals surface area contributed by atoms with E-state index >= 15 is 0 Å². The van der Waals surface area contributed by atoms with E-state index in [9.17, 15) is 0 Å². The molecule has 0 fully saturated rings. The maximum atomic E-state index is 5.82. The summed E-state index contributed by atoms with van der Waals surface area (Å²) in [5.41, 5.74) is 6.18. The maximum Gasteiger partial charge on any atom is 0.119 e. The Morgan fingerprint density at radius 3 is 1.87 bits per heavy atom. The number of hydrogen-bond acceptors (Lipinski definition) is 4. The molecular weight excluding hydrogens is 374 g/mol. The van der Waals surface area contributed by atoms with Gasteiger partial charge in [-0.25, -0.2) is 0 Å². The van der Waals surface area contributed by atoms with Crippen molar-refractivity contribution in [1.82, 2.24) is 0 Å². The summed E-state index contributed by atoms with van der Waals surface area (Å²) < 4.78 is 16.2. The predicted octanol–water partition coefficient (Wildman–Crippen LogP) is 5.84. The summed E-state index contributed by atoms with van der Waals surface area (Å²) in [6, 6.07) is 25.6. The second-order valence-electron chi connectivity index (χ2n) is 7.94. The molecule has 1 aliphatic heterocycles. The molecule has 0 radical (unpaired) electrons. The van der Waals surface area contributed by atoms with E-state index in [1.807, 2.05) is 12.1 Å². The topological polar surface area (TPSA) is 30.9 Å². The van der Waals surface area contributed by atoms with Crippen LogP contribution < -0.4 is 9.64 Å². The minimum absolute atomic E-state index is 0.0461. The van der Waals surface area contributed by atoms with Gasteiger partial charge in [0.15, 0.2) is 0 Å². The van der Waals surface area contributed by atoms with Crippen LogP contribution in [0.4, 0.5) is 17.1 Å². The van der Waals surface area contributed by atoms with E-state index in [0.29, 0.717) is 26.4 Å². The van der Waals surface area contributed by atoms with Crippen LogP contribution in [0.5, 0.6) is 5.75 Å². The molecule has 3 aromatic carbocycles. The Bertz CT molecular complexity index is 932. The van der Waals surface area contributed by atoms with Gasteiger partial charge in [-0.3, -0.25) is 0 Å². The third-order valence-corrected chi connectivity index (χ3v) is 5.66. The van der Waals surface area contributed by atoms with Crippen LogP contribution >= 0.6 is 0 Å². The lowest BCUT2D eigenvalue weighted by Crippen LogP contribution is -2.30. The Balaban J connectivity index is 1.57. The Morgan fingerprint density at radius 1 is 0.700 bits per heavy atom. The SMILES string of the molecule is COCCOCCOc1ccc(N2c3ccccc3C(C)(C)c3ccccc32)cc1. The van der Waals surface area contributed by atoms with Crippen LogP contribution in [0, 0.1) is 0 Å². The minimum atomic E-state index is -0.0461. The van der Waals surface area contributed by atoms with Crippen molar-refractivity contribution in [3.63, 3.8) is 0 Å². The Labute approximate surface area is 179 Å². The smallest absolute Gasteiger partial charge is 0.119 e. The minimum Gasteiger partial charge on any atom is -0.491 e. The van der Waals surface area contributed by atoms with Crippen LogP contribution in [0.2, 0.25) is 0 Å². The molecule has 4 heteroatoms. The summed E-state index contributed by atoms with van der Waals surface area (Å²) >= 11 is 0. The molecule has 0 unspecified atom stereocenters. The molecule has 0 N–H and O–H groups in total. The third kappa shape index (κ3) is 3.93. The molecule has 0 amide bonds. The number of ether oxygens (including phenoxy) is 3. The van der Waals surface area contributed by atoms with Gasteiger partial charge >= 0.3 is 0 Å². The lowest BCUT2D eigenvalue weighted by Gasteiger charge is -2.42. The molecule has 0 atom stereocenters.